The standard InChI is InChI=1S/C16H18ClNO3S/c1-11(2)21-14-7-4-12(5-8-14)13-6-9-16(15(17)10-13)18-22(3,19)20/h4-11,18H,1-3H3. The third-order valence-corrected chi connectivity index (χ3v) is 3.73. The highest BCUT2D eigenvalue weighted by Gasteiger charge is 2.08. The second kappa shape index (κ2) is 6.58. The molecule has 0 aliphatic heterocycles. The number of benzene rings is 2. The molecule has 0 aliphatic rings. The average molecular weight is 340 g/mol. The molecule has 6 heteroatoms. The first-order chi connectivity index (χ1) is 10.2. The molecule has 1 N–H and O–H groups in total. The topological polar surface area (TPSA) is 55.4 Å². The van der Waals surface area contributed by atoms with Crippen LogP contribution in [0, 0.1) is 0 Å². The van der Waals surface area contributed by atoms with E-state index in [0.717, 1.165) is 23.1 Å². The van der Waals surface area contributed by atoms with Gasteiger partial charge in [0.2, 0.25) is 10.0 Å². The summed E-state index contributed by atoms with van der Waals surface area (Å²) in [4.78, 5) is 0. The second-order valence-corrected chi connectivity index (χ2v) is 7.42. The first-order valence-electron chi connectivity index (χ1n) is 6.79. The lowest BCUT2D eigenvalue weighted by Crippen LogP contribution is -2.09. The van der Waals surface area contributed by atoms with E-state index in [-0.39, 0.29) is 6.10 Å². The summed E-state index contributed by atoms with van der Waals surface area (Å²) < 4.78 is 30.5. The highest BCUT2D eigenvalue weighted by molar-refractivity contribution is 7.92. The van der Waals surface area contributed by atoms with E-state index in [1.54, 1.807) is 12.1 Å². The molecule has 0 aromatic heterocycles. The van der Waals surface area contributed by atoms with Gasteiger partial charge in [0.05, 0.1) is 23.1 Å². The lowest BCUT2D eigenvalue weighted by molar-refractivity contribution is 0.242. The molecule has 0 spiro atoms. The smallest absolute Gasteiger partial charge is 0.229 e. The molecule has 0 saturated carbocycles. The van der Waals surface area contributed by atoms with Gasteiger partial charge >= 0.3 is 0 Å². The molecular weight excluding hydrogens is 322 g/mol. The van der Waals surface area contributed by atoms with Crippen LogP contribution in [0.15, 0.2) is 42.5 Å². The Kier molecular flexibility index (Phi) is 4.98. The molecule has 0 atom stereocenters. The van der Waals surface area contributed by atoms with E-state index in [0.29, 0.717) is 10.7 Å². The lowest BCUT2D eigenvalue weighted by Gasteiger charge is -2.11. The second-order valence-electron chi connectivity index (χ2n) is 5.26. The van der Waals surface area contributed by atoms with Crippen LogP contribution < -0.4 is 9.46 Å². The largest absolute Gasteiger partial charge is 0.491 e. The Hall–Kier alpha value is -1.72. The normalized spacial score (nSPS) is 11.5. The number of halogens is 1. The maximum Gasteiger partial charge on any atom is 0.229 e. The van der Waals surface area contributed by atoms with E-state index in [2.05, 4.69) is 4.72 Å². The molecule has 0 heterocycles. The molecule has 4 nitrogen and oxygen atoms in total. The van der Waals surface area contributed by atoms with Crippen LogP contribution in [-0.2, 0) is 10.0 Å². The fourth-order valence-corrected chi connectivity index (χ4v) is 2.84. The first kappa shape index (κ1) is 16.6. The van der Waals surface area contributed by atoms with Crippen molar-refractivity contribution in [1.82, 2.24) is 0 Å². The molecule has 0 aliphatic carbocycles. The summed E-state index contributed by atoms with van der Waals surface area (Å²) in [6.07, 6.45) is 1.21. The average Bonchev–Trinajstić information content (AvgIpc) is 2.40. The molecule has 0 amide bonds. The van der Waals surface area contributed by atoms with Gasteiger partial charge in [-0.25, -0.2) is 8.42 Å². The van der Waals surface area contributed by atoms with Gasteiger partial charge in [-0.05, 0) is 49.2 Å². The van der Waals surface area contributed by atoms with Crippen molar-refractivity contribution in [3.05, 3.63) is 47.5 Å². The molecule has 0 saturated heterocycles. The Labute approximate surface area is 136 Å². The van der Waals surface area contributed by atoms with Gasteiger partial charge in [0, 0.05) is 0 Å². The monoisotopic (exact) mass is 339 g/mol. The zero-order valence-electron chi connectivity index (χ0n) is 12.6. The van der Waals surface area contributed by atoms with Crippen molar-refractivity contribution in [2.45, 2.75) is 20.0 Å². The van der Waals surface area contributed by atoms with Crippen LogP contribution >= 0.6 is 11.6 Å². The summed E-state index contributed by atoms with van der Waals surface area (Å²) in [5, 5.41) is 0.352. The number of ether oxygens (including phenoxy) is 1. The van der Waals surface area contributed by atoms with Gasteiger partial charge in [0.15, 0.2) is 0 Å². The zero-order valence-corrected chi connectivity index (χ0v) is 14.2. The van der Waals surface area contributed by atoms with E-state index in [4.69, 9.17) is 16.3 Å². The fourth-order valence-electron chi connectivity index (χ4n) is 1.98. The Balaban J connectivity index is 2.24. The summed E-state index contributed by atoms with van der Waals surface area (Å²) in [7, 11) is -3.35. The molecule has 2 aromatic rings. The van der Waals surface area contributed by atoms with Crippen LogP contribution in [0.4, 0.5) is 5.69 Å². The molecule has 0 unspecified atom stereocenters. The van der Waals surface area contributed by atoms with Crippen molar-refractivity contribution in [2.24, 2.45) is 0 Å². The van der Waals surface area contributed by atoms with Crippen LogP contribution in [0.1, 0.15) is 13.8 Å². The number of hydrogen-bond acceptors (Lipinski definition) is 3. The lowest BCUT2D eigenvalue weighted by atomic mass is 10.1. The van der Waals surface area contributed by atoms with Crippen molar-refractivity contribution in [3.8, 4) is 16.9 Å². The Bertz CT molecular complexity index is 755. The minimum atomic E-state index is -3.35. The quantitative estimate of drug-likeness (QED) is 0.889. The Morgan fingerprint density at radius 3 is 2.14 bits per heavy atom. The Morgan fingerprint density at radius 2 is 1.64 bits per heavy atom. The Morgan fingerprint density at radius 1 is 1.05 bits per heavy atom. The molecule has 118 valence electrons. The summed E-state index contributed by atoms with van der Waals surface area (Å²) in [5.41, 5.74) is 2.25. The van der Waals surface area contributed by atoms with Gasteiger partial charge in [-0.2, -0.15) is 0 Å². The SMILES string of the molecule is CC(C)Oc1ccc(-c2ccc(NS(C)(=O)=O)c(Cl)c2)cc1. The number of anilines is 1. The summed E-state index contributed by atoms with van der Waals surface area (Å²) in [5.74, 6) is 0.806. The van der Waals surface area contributed by atoms with Gasteiger partial charge in [-0.3, -0.25) is 4.72 Å². The molecule has 0 radical (unpaired) electrons. The van der Waals surface area contributed by atoms with E-state index in [1.165, 1.54) is 0 Å². The van der Waals surface area contributed by atoms with Gasteiger partial charge in [-0.15, -0.1) is 0 Å². The minimum Gasteiger partial charge on any atom is -0.491 e. The van der Waals surface area contributed by atoms with Crippen LogP contribution in [0.2, 0.25) is 5.02 Å². The van der Waals surface area contributed by atoms with Gasteiger partial charge in [-0.1, -0.05) is 29.8 Å². The number of hydrogen-bond donors (Lipinski definition) is 1. The van der Waals surface area contributed by atoms with Crippen molar-refractivity contribution < 1.29 is 13.2 Å². The summed E-state index contributed by atoms with van der Waals surface area (Å²) in [6, 6.07) is 12.9. The first-order valence-corrected chi connectivity index (χ1v) is 9.06. The summed E-state index contributed by atoms with van der Waals surface area (Å²) in [6.45, 7) is 3.95. The predicted molar refractivity (Wildman–Crippen MR) is 91.1 cm³/mol. The maximum atomic E-state index is 11.2. The van der Waals surface area contributed by atoms with Crippen molar-refractivity contribution >= 4 is 27.3 Å². The molecule has 2 aromatic carbocycles. The highest BCUT2D eigenvalue weighted by atomic mass is 35.5. The van der Waals surface area contributed by atoms with Gasteiger partial charge < -0.3 is 4.74 Å². The number of sulfonamides is 1. The van der Waals surface area contributed by atoms with E-state index in [1.807, 2.05) is 44.2 Å². The van der Waals surface area contributed by atoms with Crippen molar-refractivity contribution in [2.75, 3.05) is 11.0 Å². The fraction of sp³-hybridized carbons (Fsp3) is 0.250. The number of nitrogens with one attached hydrogen (secondary N) is 1. The van der Waals surface area contributed by atoms with E-state index in [9.17, 15) is 8.42 Å². The van der Waals surface area contributed by atoms with Gasteiger partial charge in [0.25, 0.3) is 0 Å². The predicted octanol–water partition coefficient (Wildman–Crippen LogP) is 4.17. The van der Waals surface area contributed by atoms with Crippen LogP contribution in [0.3, 0.4) is 0 Å². The van der Waals surface area contributed by atoms with Crippen LogP contribution in [0.5, 0.6) is 5.75 Å². The van der Waals surface area contributed by atoms with E-state index >= 15 is 0 Å². The van der Waals surface area contributed by atoms with Crippen LogP contribution in [-0.4, -0.2) is 20.8 Å². The van der Waals surface area contributed by atoms with Crippen molar-refractivity contribution in [3.63, 3.8) is 0 Å². The molecule has 0 bridgehead atoms. The highest BCUT2D eigenvalue weighted by Crippen LogP contribution is 2.30. The van der Waals surface area contributed by atoms with Gasteiger partial charge in [0.1, 0.15) is 5.75 Å². The van der Waals surface area contributed by atoms with E-state index < -0.39 is 10.0 Å². The van der Waals surface area contributed by atoms with Crippen LogP contribution in [0.25, 0.3) is 11.1 Å². The molecule has 2 rings (SSSR count). The van der Waals surface area contributed by atoms with Crippen molar-refractivity contribution in [1.29, 1.82) is 0 Å². The third kappa shape index (κ3) is 4.64. The molecule has 22 heavy (non-hydrogen) atoms. The third-order valence-electron chi connectivity index (χ3n) is 2.82. The molecular formula is C16H18ClNO3S. The number of rotatable bonds is 5. The zero-order chi connectivity index (χ0) is 16.3. The summed E-state index contributed by atoms with van der Waals surface area (Å²) >= 11 is 6.13. The molecule has 0 fully saturated rings. The maximum absolute atomic E-state index is 11.2. The minimum absolute atomic E-state index is 0.127.